The van der Waals surface area contributed by atoms with E-state index < -0.39 is 5.97 Å². The second kappa shape index (κ2) is 13.0. The number of unbranched alkanes of at least 4 members (excludes halogenated alkanes) is 9. The van der Waals surface area contributed by atoms with Gasteiger partial charge in [-0.25, -0.2) is 0 Å². The van der Waals surface area contributed by atoms with Crippen molar-refractivity contribution in [2.24, 2.45) is 5.92 Å². The molecule has 0 radical (unpaired) electrons. The summed E-state index contributed by atoms with van der Waals surface area (Å²) in [6, 6.07) is 9.67. The lowest BCUT2D eigenvalue weighted by Gasteiger charge is -2.20. The van der Waals surface area contributed by atoms with Gasteiger partial charge in [0, 0.05) is 0 Å². The molecular weight excluding hydrogens is 296 g/mol. The van der Waals surface area contributed by atoms with Gasteiger partial charge < -0.3 is 5.11 Å². The summed E-state index contributed by atoms with van der Waals surface area (Å²) in [5, 5.41) is 9.56. The summed E-state index contributed by atoms with van der Waals surface area (Å²) in [5.74, 6) is -0.871. The summed E-state index contributed by atoms with van der Waals surface area (Å²) in [5.41, 5.74) is 0.935. The lowest BCUT2D eigenvalue weighted by Crippen LogP contribution is -2.19. The monoisotopic (exact) mass is 332 g/mol. The number of benzene rings is 1. The van der Waals surface area contributed by atoms with Crippen molar-refractivity contribution in [1.29, 1.82) is 0 Å². The Bertz CT molecular complexity index is 427. The Morgan fingerprint density at radius 2 is 1.38 bits per heavy atom. The van der Waals surface area contributed by atoms with Crippen LogP contribution in [0.2, 0.25) is 0 Å². The van der Waals surface area contributed by atoms with E-state index in [1.165, 1.54) is 57.8 Å². The summed E-state index contributed by atoms with van der Waals surface area (Å²) in [4.78, 5) is 11.6. The van der Waals surface area contributed by atoms with E-state index in [2.05, 4.69) is 13.8 Å². The van der Waals surface area contributed by atoms with Crippen molar-refractivity contribution in [1.82, 2.24) is 0 Å². The summed E-state index contributed by atoms with van der Waals surface area (Å²) >= 11 is 0. The highest BCUT2D eigenvalue weighted by molar-refractivity contribution is 5.76. The maximum absolute atomic E-state index is 11.6. The Labute approximate surface area is 148 Å². The average Bonchev–Trinajstić information content (AvgIpc) is 2.57. The molecule has 136 valence electrons. The molecule has 2 atom stereocenters. The molecule has 2 nitrogen and oxygen atoms in total. The molecule has 0 fully saturated rings. The number of rotatable bonds is 14. The number of hydrogen-bond acceptors (Lipinski definition) is 1. The van der Waals surface area contributed by atoms with Gasteiger partial charge >= 0.3 is 5.97 Å². The summed E-state index contributed by atoms with van der Waals surface area (Å²) < 4.78 is 0. The lowest BCUT2D eigenvalue weighted by molar-refractivity contribution is -0.140. The lowest BCUT2D eigenvalue weighted by atomic mass is 9.84. The summed E-state index contributed by atoms with van der Waals surface area (Å²) in [6.07, 6.45) is 14.2. The van der Waals surface area contributed by atoms with Crippen molar-refractivity contribution < 1.29 is 9.90 Å². The first-order chi connectivity index (χ1) is 11.7. The van der Waals surface area contributed by atoms with Crippen molar-refractivity contribution in [3.63, 3.8) is 0 Å². The highest BCUT2D eigenvalue weighted by atomic mass is 16.4. The van der Waals surface area contributed by atoms with Crippen LogP contribution in [-0.2, 0) is 4.79 Å². The minimum absolute atomic E-state index is 0.193. The SMILES string of the molecule is CCCCCCCCCCCCC(C)C(C(=O)O)c1ccccc1. The van der Waals surface area contributed by atoms with Crippen molar-refractivity contribution in [2.45, 2.75) is 90.4 Å². The van der Waals surface area contributed by atoms with E-state index in [0.717, 1.165) is 18.4 Å². The van der Waals surface area contributed by atoms with Crippen LogP contribution in [0.3, 0.4) is 0 Å². The molecule has 0 aliphatic carbocycles. The Morgan fingerprint density at radius 3 is 1.88 bits per heavy atom. The minimum atomic E-state index is -0.694. The van der Waals surface area contributed by atoms with Crippen LogP contribution < -0.4 is 0 Å². The first-order valence-electron chi connectivity index (χ1n) is 9.94. The van der Waals surface area contributed by atoms with Gasteiger partial charge in [-0.05, 0) is 17.9 Å². The van der Waals surface area contributed by atoms with Gasteiger partial charge in [0.25, 0.3) is 0 Å². The third-order valence-electron chi connectivity index (χ3n) is 5.01. The zero-order valence-electron chi connectivity index (χ0n) is 15.7. The van der Waals surface area contributed by atoms with Crippen LogP contribution in [-0.4, -0.2) is 11.1 Å². The second-order valence-electron chi connectivity index (χ2n) is 7.17. The van der Waals surface area contributed by atoms with Crippen molar-refractivity contribution >= 4 is 5.97 Å². The van der Waals surface area contributed by atoms with E-state index in [1.807, 2.05) is 30.3 Å². The molecule has 0 spiro atoms. The molecule has 0 aliphatic heterocycles. The quantitative estimate of drug-likeness (QED) is 0.380. The first-order valence-corrected chi connectivity index (χ1v) is 9.94. The van der Waals surface area contributed by atoms with E-state index in [-0.39, 0.29) is 11.8 Å². The molecule has 0 bridgehead atoms. The van der Waals surface area contributed by atoms with Crippen LogP contribution >= 0.6 is 0 Å². The number of carboxylic acids is 1. The first kappa shape index (κ1) is 20.7. The number of carbonyl (C=O) groups is 1. The van der Waals surface area contributed by atoms with Crippen molar-refractivity contribution in [3.05, 3.63) is 35.9 Å². The van der Waals surface area contributed by atoms with Gasteiger partial charge in [0.15, 0.2) is 0 Å². The van der Waals surface area contributed by atoms with Crippen LogP contribution in [0.5, 0.6) is 0 Å². The molecule has 24 heavy (non-hydrogen) atoms. The summed E-state index contributed by atoms with van der Waals surface area (Å²) in [7, 11) is 0. The van der Waals surface area contributed by atoms with Gasteiger partial charge in [0.05, 0.1) is 5.92 Å². The van der Waals surface area contributed by atoms with E-state index in [4.69, 9.17) is 0 Å². The van der Waals surface area contributed by atoms with Crippen LogP contribution in [0.15, 0.2) is 30.3 Å². The second-order valence-corrected chi connectivity index (χ2v) is 7.17. The average molecular weight is 333 g/mol. The van der Waals surface area contributed by atoms with Gasteiger partial charge in [-0.2, -0.15) is 0 Å². The van der Waals surface area contributed by atoms with Gasteiger partial charge in [-0.3, -0.25) is 4.79 Å². The molecule has 1 aromatic rings. The molecule has 0 aliphatic rings. The fourth-order valence-corrected chi connectivity index (χ4v) is 3.50. The fourth-order valence-electron chi connectivity index (χ4n) is 3.50. The molecule has 0 amide bonds. The maximum atomic E-state index is 11.6. The highest BCUT2D eigenvalue weighted by Crippen LogP contribution is 2.29. The smallest absolute Gasteiger partial charge is 0.311 e. The predicted octanol–water partition coefficient (Wildman–Crippen LogP) is 6.80. The maximum Gasteiger partial charge on any atom is 0.311 e. The van der Waals surface area contributed by atoms with Gasteiger partial charge in [0.2, 0.25) is 0 Å². The van der Waals surface area contributed by atoms with Gasteiger partial charge in [-0.15, -0.1) is 0 Å². The zero-order chi connectivity index (χ0) is 17.6. The Morgan fingerprint density at radius 1 is 0.875 bits per heavy atom. The standard InChI is InChI=1S/C22H36O2/c1-3-4-5-6-7-8-9-10-11-13-16-19(2)21(22(23)24)20-17-14-12-15-18-20/h12,14-15,17-19,21H,3-11,13,16H2,1-2H3,(H,23,24). The largest absolute Gasteiger partial charge is 0.481 e. The van der Waals surface area contributed by atoms with E-state index in [0.29, 0.717) is 0 Å². The topological polar surface area (TPSA) is 37.3 Å². The van der Waals surface area contributed by atoms with E-state index in [9.17, 15) is 9.90 Å². The Balaban J connectivity index is 2.16. The third-order valence-corrected chi connectivity index (χ3v) is 5.01. The molecule has 1 N–H and O–H groups in total. The molecule has 1 rings (SSSR count). The highest BCUT2D eigenvalue weighted by Gasteiger charge is 2.25. The van der Waals surface area contributed by atoms with Gasteiger partial charge in [-0.1, -0.05) is 108 Å². The number of hydrogen-bond donors (Lipinski definition) is 1. The molecule has 0 heterocycles. The van der Waals surface area contributed by atoms with Gasteiger partial charge in [0.1, 0.15) is 0 Å². The predicted molar refractivity (Wildman–Crippen MR) is 102 cm³/mol. The summed E-state index contributed by atoms with van der Waals surface area (Å²) in [6.45, 7) is 4.34. The Kier molecular flexibility index (Phi) is 11.3. The van der Waals surface area contributed by atoms with Crippen molar-refractivity contribution in [3.8, 4) is 0 Å². The van der Waals surface area contributed by atoms with E-state index in [1.54, 1.807) is 0 Å². The molecule has 0 aromatic heterocycles. The van der Waals surface area contributed by atoms with Crippen LogP contribution in [0.1, 0.15) is 96.0 Å². The Hall–Kier alpha value is -1.31. The normalized spacial score (nSPS) is 13.6. The third kappa shape index (κ3) is 8.52. The number of carboxylic acid groups (broad SMARTS) is 1. The van der Waals surface area contributed by atoms with Crippen molar-refractivity contribution in [2.75, 3.05) is 0 Å². The van der Waals surface area contributed by atoms with Crippen LogP contribution in [0, 0.1) is 5.92 Å². The number of aliphatic carboxylic acids is 1. The molecule has 2 heteroatoms. The molecule has 0 saturated carbocycles. The van der Waals surface area contributed by atoms with Crippen LogP contribution in [0.4, 0.5) is 0 Å². The molecule has 1 aromatic carbocycles. The zero-order valence-corrected chi connectivity index (χ0v) is 15.7. The minimum Gasteiger partial charge on any atom is -0.481 e. The molecular formula is C22H36O2. The molecule has 2 unspecified atom stereocenters. The van der Waals surface area contributed by atoms with Crippen LogP contribution in [0.25, 0.3) is 0 Å². The molecule has 0 saturated heterocycles. The fraction of sp³-hybridized carbons (Fsp3) is 0.682. The van der Waals surface area contributed by atoms with E-state index >= 15 is 0 Å².